The van der Waals surface area contributed by atoms with Crippen LogP contribution in [0.5, 0.6) is 17.2 Å². The van der Waals surface area contributed by atoms with Gasteiger partial charge in [-0.15, -0.1) is 0 Å². The number of methoxy groups -OCH3 is 3. The van der Waals surface area contributed by atoms with Crippen molar-refractivity contribution in [3.05, 3.63) is 83.7 Å². The minimum atomic E-state index is -0.511. The molecular weight excluding hydrogens is 520 g/mol. The Morgan fingerprint density at radius 2 is 1.73 bits per heavy atom. The fraction of sp³-hybridized carbons (Fsp3) is 0.250. The molecule has 3 N–H and O–H groups in total. The summed E-state index contributed by atoms with van der Waals surface area (Å²) in [6, 6.07) is 19.0. The van der Waals surface area contributed by atoms with Gasteiger partial charge in [0.15, 0.2) is 17.2 Å². The van der Waals surface area contributed by atoms with Crippen LogP contribution in [0.3, 0.4) is 0 Å². The lowest BCUT2D eigenvalue weighted by Gasteiger charge is -2.22. The summed E-state index contributed by atoms with van der Waals surface area (Å²) in [5, 5.41) is 14.4. The minimum absolute atomic E-state index is 0.220. The Morgan fingerprint density at radius 3 is 2.51 bits per heavy atom. The van der Waals surface area contributed by atoms with Gasteiger partial charge in [-0.2, -0.15) is 0 Å². The first-order chi connectivity index (χ1) is 20.1. The molecule has 5 aromatic rings. The summed E-state index contributed by atoms with van der Waals surface area (Å²) < 4.78 is 18.9. The quantitative estimate of drug-likeness (QED) is 0.246. The third-order valence-corrected chi connectivity index (χ3v) is 7.70. The van der Waals surface area contributed by atoms with E-state index >= 15 is 0 Å². The molecule has 0 bridgehead atoms. The summed E-state index contributed by atoms with van der Waals surface area (Å²) in [5.41, 5.74) is 5.66. The summed E-state index contributed by atoms with van der Waals surface area (Å²) in [5.74, 6) is 2.17. The van der Waals surface area contributed by atoms with E-state index in [2.05, 4.69) is 14.9 Å². The maximum atomic E-state index is 14.0. The number of carbonyl (C=O) groups is 1. The number of para-hydroxylation sites is 2. The summed E-state index contributed by atoms with van der Waals surface area (Å²) in [4.78, 5) is 22.1. The SMILES string of the molecule is COc1cc2c(cc1OC)-c1nc(C(=O)NC(CO)Cc3c[nH]c4ccccc34)c(-c3ccccc3OC)n1CC2. The number of amides is 1. The van der Waals surface area contributed by atoms with Gasteiger partial charge in [0.25, 0.3) is 5.91 Å². The third-order valence-electron chi connectivity index (χ3n) is 7.70. The number of aliphatic hydroxyl groups excluding tert-OH is 1. The second-order valence-electron chi connectivity index (χ2n) is 10.0. The van der Waals surface area contributed by atoms with Crippen molar-refractivity contribution in [3.63, 3.8) is 0 Å². The van der Waals surface area contributed by atoms with Crippen molar-refractivity contribution in [2.45, 2.75) is 25.4 Å². The average Bonchev–Trinajstić information content (AvgIpc) is 3.61. The summed E-state index contributed by atoms with van der Waals surface area (Å²) >= 11 is 0. The van der Waals surface area contributed by atoms with Crippen LogP contribution in [-0.4, -0.2) is 59.5 Å². The molecule has 9 nitrogen and oxygen atoms in total. The molecule has 6 rings (SSSR count). The summed E-state index contributed by atoms with van der Waals surface area (Å²) in [6.45, 7) is 0.396. The highest BCUT2D eigenvalue weighted by Gasteiger charge is 2.31. The lowest BCUT2D eigenvalue weighted by atomic mass is 9.99. The number of carbonyl (C=O) groups excluding carboxylic acids is 1. The number of aromatic nitrogens is 3. The molecule has 1 unspecified atom stereocenters. The molecule has 210 valence electrons. The van der Waals surface area contributed by atoms with Gasteiger partial charge in [-0.05, 0) is 54.3 Å². The van der Waals surface area contributed by atoms with Crippen molar-refractivity contribution < 1.29 is 24.1 Å². The van der Waals surface area contributed by atoms with Gasteiger partial charge in [-0.3, -0.25) is 4.79 Å². The highest BCUT2D eigenvalue weighted by Crippen LogP contribution is 2.42. The van der Waals surface area contributed by atoms with E-state index in [1.807, 2.05) is 66.9 Å². The number of benzene rings is 3. The lowest BCUT2D eigenvalue weighted by Crippen LogP contribution is -2.39. The van der Waals surface area contributed by atoms with Crippen molar-refractivity contribution in [1.82, 2.24) is 19.9 Å². The van der Waals surface area contributed by atoms with Crippen molar-refractivity contribution in [2.24, 2.45) is 0 Å². The van der Waals surface area contributed by atoms with Crippen molar-refractivity contribution >= 4 is 16.8 Å². The van der Waals surface area contributed by atoms with Gasteiger partial charge in [-0.25, -0.2) is 4.98 Å². The first-order valence-electron chi connectivity index (χ1n) is 13.5. The first-order valence-corrected chi connectivity index (χ1v) is 13.5. The number of nitrogens with zero attached hydrogens (tertiary/aromatic N) is 2. The summed E-state index contributed by atoms with van der Waals surface area (Å²) in [6.07, 6.45) is 3.11. The zero-order valence-corrected chi connectivity index (χ0v) is 23.2. The van der Waals surface area contributed by atoms with E-state index in [1.54, 1.807) is 21.3 Å². The van der Waals surface area contributed by atoms with Crippen molar-refractivity contribution in [1.29, 1.82) is 0 Å². The maximum absolute atomic E-state index is 14.0. The van der Waals surface area contributed by atoms with E-state index in [9.17, 15) is 9.90 Å². The molecule has 0 spiro atoms. The first kappa shape index (κ1) is 26.5. The van der Waals surface area contributed by atoms with Crippen molar-refractivity contribution in [3.8, 4) is 39.9 Å². The van der Waals surface area contributed by atoms with Gasteiger partial charge in [0.2, 0.25) is 0 Å². The van der Waals surface area contributed by atoms with E-state index in [0.717, 1.165) is 39.6 Å². The predicted octanol–water partition coefficient (Wildman–Crippen LogP) is 4.61. The molecule has 0 radical (unpaired) electrons. The second kappa shape index (κ2) is 11.0. The van der Waals surface area contributed by atoms with Crippen LogP contribution in [0.15, 0.2) is 66.9 Å². The molecular formula is C32H32N4O5. The van der Waals surface area contributed by atoms with Crippen LogP contribution in [0.1, 0.15) is 21.6 Å². The zero-order chi connectivity index (χ0) is 28.5. The Morgan fingerprint density at radius 1 is 1.00 bits per heavy atom. The van der Waals surface area contributed by atoms with E-state index in [-0.39, 0.29) is 18.2 Å². The average molecular weight is 553 g/mol. The Kier molecular flexibility index (Phi) is 7.11. The van der Waals surface area contributed by atoms with Gasteiger partial charge in [0, 0.05) is 34.8 Å². The Balaban J connectivity index is 1.43. The molecule has 0 saturated heterocycles. The molecule has 0 saturated carbocycles. The molecule has 1 aliphatic heterocycles. The van der Waals surface area contributed by atoms with E-state index < -0.39 is 6.04 Å². The summed E-state index contributed by atoms with van der Waals surface area (Å²) in [7, 11) is 4.83. The number of nitrogens with one attached hydrogen (secondary N) is 2. The van der Waals surface area contributed by atoms with Crippen LogP contribution in [0.2, 0.25) is 0 Å². The van der Waals surface area contributed by atoms with Crippen LogP contribution >= 0.6 is 0 Å². The Bertz CT molecular complexity index is 1740. The monoisotopic (exact) mass is 552 g/mol. The van der Waals surface area contributed by atoms with Crippen molar-refractivity contribution in [2.75, 3.05) is 27.9 Å². The van der Waals surface area contributed by atoms with E-state index in [1.165, 1.54) is 0 Å². The highest BCUT2D eigenvalue weighted by atomic mass is 16.5. The zero-order valence-electron chi connectivity index (χ0n) is 23.2. The predicted molar refractivity (Wildman–Crippen MR) is 157 cm³/mol. The minimum Gasteiger partial charge on any atom is -0.496 e. The molecule has 3 aromatic carbocycles. The molecule has 2 aromatic heterocycles. The molecule has 3 heterocycles. The van der Waals surface area contributed by atoms with Gasteiger partial charge in [0.1, 0.15) is 11.6 Å². The topological polar surface area (TPSA) is 111 Å². The molecule has 1 aliphatic rings. The van der Waals surface area contributed by atoms with Crippen LogP contribution < -0.4 is 19.5 Å². The number of fused-ring (bicyclic) bond motifs is 4. The standard InChI is InChI=1S/C32H32N4O5/c1-39-26-11-7-5-9-23(26)30-29(32(38)34-21(18-37)14-20-17-33-25-10-6-4-8-22(20)25)35-31-24-16-28(41-3)27(40-2)15-19(24)12-13-36(30)31/h4-11,15-17,21,33,37H,12-14,18H2,1-3H3,(H,34,38). The van der Waals surface area contributed by atoms with Gasteiger partial charge in [0.05, 0.1) is 39.7 Å². The molecule has 9 heteroatoms. The number of aliphatic hydroxyl groups is 1. The van der Waals surface area contributed by atoms with Crippen LogP contribution in [0.4, 0.5) is 0 Å². The van der Waals surface area contributed by atoms with Gasteiger partial charge >= 0.3 is 0 Å². The van der Waals surface area contributed by atoms with Crippen LogP contribution in [-0.2, 0) is 19.4 Å². The smallest absolute Gasteiger partial charge is 0.272 e. The van der Waals surface area contributed by atoms with E-state index in [4.69, 9.17) is 19.2 Å². The molecule has 41 heavy (non-hydrogen) atoms. The Hall–Kier alpha value is -4.76. The fourth-order valence-electron chi connectivity index (χ4n) is 5.70. The van der Waals surface area contributed by atoms with Gasteiger partial charge in [-0.1, -0.05) is 30.3 Å². The molecule has 0 fully saturated rings. The second-order valence-corrected chi connectivity index (χ2v) is 10.0. The van der Waals surface area contributed by atoms with Gasteiger partial charge < -0.3 is 34.2 Å². The number of aryl methyl sites for hydroxylation is 1. The molecule has 1 atom stereocenters. The number of rotatable bonds is 9. The van der Waals surface area contributed by atoms with E-state index in [0.29, 0.717) is 41.7 Å². The van der Waals surface area contributed by atoms with Crippen LogP contribution in [0, 0.1) is 0 Å². The number of ether oxygens (including phenoxy) is 3. The third kappa shape index (κ3) is 4.68. The number of hydrogen-bond donors (Lipinski definition) is 3. The normalized spacial score (nSPS) is 12.9. The Labute approximate surface area is 237 Å². The fourth-order valence-corrected chi connectivity index (χ4v) is 5.70. The lowest BCUT2D eigenvalue weighted by molar-refractivity contribution is 0.0912. The number of H-pyrrole nitrogens is 1. The maximum Gasteiger partial charge on any atom is 0.272 e. The highest BCUT2D eigenvalue weighted by molar-refractivity contribution is 6.00. The number of imidazole rings is 1. The van der Waals surface area contributed by atoms with Crippen LogP contribution in [0.25, 0.3) is 33.5 Å². The number of aromatic amines is 1. The largest absolute Gasteiger partial charge is 0.496 e. The molecule has 0 aliphatic carbocycles. The number of hydrogen-bond acceptors (Lipinski definition) is 6. The molecule has 1 amide bonds.